The lowest BCUT2D eigenvalue weighted by molar-refractivity contribution is 0.416. The highest BCUT2D eigenvalue weighted by molar-refractivity contribution is 5.72. The van der Waals surface area contributed by atoms with Crippen molar-refractivity contribution in [1.29, 1.82) is 0 Å². The summed E-state index contributed by atoms with van der Waals surface area (Å²) in [6, 6.07) is 9.57. The number of para-hydroxylation sites is 1. The first-order valence-corrected chi connectivity index (χ1v) is 5.95. The van der Waals surface area contributed by atoms with Gasteiger partial charge in [-0.25, -0.2) is 9.50 Å². The standard InChI is InChI=1S/C14H14N4O/c1-9-7-8-18-14(12(9)15)16-13(17-18)10-5-3-4-6-11(10)19-2/h3-8H,15H2,1-2H3. The van der Waals surface area contributed by atoms with Crippen molar-refractivity contribution in [1.82, 2.24) is 14.6 Å². The van der Waals surface area contributed by atoms with Crippen LogP contribution in [0.2, 0.25) is 0 Å². The van der Waals surface area contributed by atoms with Gasteiger partial charge in [0.1, 0.15) is 5.75 Å². The number of nitrogen functional groups attached to an aromatic ring is 1. The molecular formula is C14H14N4O. The minimum absolute atomic E-state index is 0.606. The van der Waals surface area contributed by atoms with Crippen molar-refractivity contribution < 1.29 is 4.74 Å². The number of aromatic nitrogens is 3. The molecule has 19 heavy (non-hydrogen) atoms. The van der Waals surface area contributed by atoms with Crippen LogP contribution < -0.4 is 10.5 Å². The molecule has 0 unspecified atom stereocenters. The molecule has 0 aliphatic carbocycles. The summed E-state index contributed by atoms with van der Waals surface area (Å²) >= 11 is 0. The first-order chi connectivity index (χ1) is 9.20. The molecule has 0 bridgehead atoms. The zero-order valence-corrected chi connectivity index (χ0v) is 10.8. The van der Waals surface area contributed by atoms with E-state index in [1.807, 2.05) is 43.5 Å². The molecule has 0 fully saturated rings. The summed E-state index contributed by atoms with van der Waals surface area (Å²) in [5.74, 6) is 1.35. The molecule has 0 saturated carbocycles. The van der Waals surface area contributed by atoms with Gasteiger partial charge in [-0.05, 0) is 30.7 Å². The monoisotopic (exact) mass is 254 g/mol. The number of aryl methyl sites for hydroxylation is 1. The Hall–Kier alpha value is -2.56. The van der Waals surface area contributed by atoms with Crippen LogP contribution >= 0.6 is 0 Å². The lowest BCUT2D eigenvalue weighted by Crippen LogP contribution is -1.96. The first-order valence-electron chi connectivity index (χ1n) is 5.95. The van der Waals surface area contributed by atoms with Crippen LogP contribution in [0.4, 0.5) is 5.69 Å². The van der Waals surface area contributed by atoms with Crippen molar-refractivity contribution in [3.63, 3.8) is 0 Å². The van der Waals surface area contributed by atoms with Crippen LogP contribution in [0.15, 0.2) is 36.5 Å². The Labute approximate surface area is 110 Å². The molecule has 2 N–H and O–H groups in total. The third-order valence-corrected chi connectivity index (χ3v) is 3.11. The van der Waals surface area contributed by atoms with E-state index in [0.29, 0.717) is 17.2 Å². The average Bonchev–Trinajstić information content (AvgIpc) is 2.87. The summed E-state index contributed by atoms with van der Waals surface area (Å²) in [7, 11) is 1.63. The molecule has 0 saturated heterocycles. The maximum Gasteiger partial charge on any atom is 0.185 e. The summed E-state index contributed by atoms with van der Waals surface area (Å²) < 4.78 is 7.01. The Balaban J connectivity index is 2.24. The molecule has 5 nitrogen and oxygen atoms in total. The number of fused-ring (bicyclic) bond motifs is 1. The predicted octanol–water partition coefficient (Wildman–Crippen LogP) is 2.30. The molecule has 0 amide bonds. The van der Waals surface area contributed by atoms with Crippen molar-refractivity contribution >= 4 is 11.3 Å². The molecule has 96 valence electrons. The number of rotatable bonds is 2. The van der Waals surface area contributed by atoms with E-state index in [4.69, 9.17) is 10.5 Å². The van der Waals surface area contributed by atoms with Gasteiger partial charge in [-0.15, -0.1) is 5.10 Å². The quantitative estimate of drug-likeness (QED) is 0.762. The van der Waals surface area contributed by atoms with Gasteiger partial charge in [-0.1, -0.05) is 12.1 Å². The Morgan fingerprint density at radius 1 is 1.21 bits per heavy atom. The van der Waals surface area contributed by atoms with Crippen LogP contribution in [-0.4, -0.2) is 21.7 Å². The largest absolute Gasteiger partial charge is 0.496 e. The number of methoxy groups -OCH3 is 1. The Kier molecular flexibility index (Phi) is 2.59. The fraction of sp³-hybridized carbons (Fsp3) is 0.143. The smallest absolute Gasteiger partial charge is 0.185 e. The van der Waals surface area contributed by atoms with Gasteiger partial charge in [-0.2, -0.15) is 0 Å². The molecule has 0 aliphatic rings. The molecule has 0 atom stereocenters. The Bertz CT molecular complexity index is 748. The molecule has 0 spiro atoms. The minimum atomic E-state index is 0.606. The summed E-state index contributed by atoms with van der Waals surface area (Å²) in [5, 5.41) is 4.44. The maximum absolute atomic E-state index is 6.03. The normalized spacial score (nSPS) is 10.8. The van der Waals surface area contributed by atoms with Gasteiger partial charge in [-0.3, -0.25) is 0 Å². The fourth-order valence-electron chi connectivity index (χ4n) is 2.00. The van der Waals surface area contributed by atoms with Gasteiger partial charge in [0.15, 0.2) is 11.5 Å². The van der Waals surface area contributed by atoms with Crippen molar-refractivity contribution in [3.8, 4) is 17.1 Å². The number of nitrogens with zero attached hydrogens (tertiary/aromatic N) is 3. The van der Waals surface area contributed by atoms with Crippen LogP contribution in [0.3, 0.4) is 0 Å². The van der Waals surface area contributed by atoms with Crippen molar-refractivity contribution in [2.75, 3.05) is 12.8 Å². The first kappa shape index (κ1) is 11.5. The number of hydrogen-bond donors (Lipinski definition) is 1. The molecule has 5 heteroatoms. The molecule has 2 aromatic heterocycles. The van der Waals surface area contributed by atoms with Crippen LogP contribution in [0.1, 0.15) is 5.56 Å². The highest BCUT2D eigenvalue weighted by atomic mass is 16.5. The zero-order chi connectivity index (χ0) is 13.4. The number of nitrogens with two attached hydrogens (primary N) is 1. The molecule has 1 aromatic carbocycles. The van der Waals surface area contributed by atoms with Crippen LogP contribution in [0.5, 0.6) is 5.75 Å². The van der Waals surface area contributed by atoms with E-state index in [0.717, 1.165) is 16.9 Å². The van der Waals surface area contributed by atoms with E-state index in [9.17, 15) is 0 Å². The van der Waals surface area contributed by atoms with Crippen LogP contribution in [0, 0.1) is 6.92 Å². The van der Waals surface area contributed by atoms with E-state index in [1.165, 1.54) is 0 Å². The van der Waals surface area contributed by atoms with Gasteiger partial charge in [0, 0.05) is 6.20 Å². The van der Waals surface area contributed by atoms with Gasteiger partial charge in [0.25, 0.3) is 0 Å². The van der Waals surface area contributed by atoms with E-state index in [2.05, 4.69) is 10.1 Å². The lowest BCUT2D eigenvalue weighted by atomic mass is 10.2. The maximum atomic E-state index is 6.03. The predicted molar refractivity (Wildman–Crippen MR) is 74.1 cm³/mol. The fourth-order valence-corrected chi connectivity index (χ4v) is 2.00. The number of anilines is 1. The van der Waals surface area contributed by atoms with Crippen molar-refractivity contribution in [2.45, 2.75) is 6.92 Å². The second kappa shape index (κ2) is 4.28. The average molecular weight is 254 g/mol. The van der Waals surface area contributed by atoms with Crippen LogP contribution in [-0.2, 0) is 0 Å². The number of pyridine rings is 1. The summed E-state index contributed by atoms with van der Waals surface area (Å²) in [4.78, 5) is 4.50. The SMILES string of the molecule is COc1ccccc1-c1nc2c(N)c(C)ccn2n1. The van der Waals surface area contributed by atoms with Gasteiger partial charge >= 0.3 is 0 Å². The zero-order valence-electron chi connectivity index (χ0n) is 10.8. The molecule has 0 aliphatic heterocycles. The van der Waals surface area contributed by atoms with Gasteiger partial charge < -0.3 is 10.5 Å². The van der Waals surface area contributed by atoms with E-state index < -0.39 is 0 Å². The highest BCUT2D eigenvalue weighted by Crippen LogP contribution is 2.28. The van der Waals surface area contributed by atoms with Gasteiger partial charge in [0.05, 0.1) is 18.4 Å². The third kappa shape index (κ3) is 1.79. The number of ether oxygens (including phenoxy) is 1. The van der Waals surface area contributed by atoms with Crippen LogP contribution in [0.25, 0.3) is 17.0 Å². The molecule has 3 rings (SSSR count). The number of benzene rings is 1. The highest BCUT2D eigenvalue weighted by Gasteiger charge is 2.13. The summed E-state index contributed by atoms with van der Waals surface area (Å²) in [6.07, 6.45) is 1.85. The third-order valence-electron chi connectivity index (χ3n) is 3.11. The Morgan fingerprint density at radius 2 is 2.00 bits per heavy atom. The molecule has 0 radical (unpaired) electrons. The Morgan fingerprint density at radius 3 is 2.79 bits per heavy atom. The minimum Gasteiger partial charge on any atom is -0.496 e. The number of hydrogen-bond acceptors (Lipinski definition) is 4. The molecule has 3 aromatic rings. The van der Waals surface area contributed by atoms with E-state index in [1.54, 1.807) is 11.6 Å². The lowest BCUT2D eigenvalue weighted by Gasteiger charge is -2.03. The van der Waals surface area contributed by atoms with E-state index >= 15 is 0 Å². The summed E-state index contributed by atoms with van der Waals surface area (Å²) in [5.41, 5.74) is 9.19. The molecule has 2 heterocycles. The van der Waals surface area contributed by atoms with Crippen molar-refractivity contribution in [2.24, 2.45) is 0 Å². The van der Waals surface area contributed by atoms with Gasteiger partial charge in [0.2, 0.25) is 0 Å². The van der Waals surface area contributed by atoms with E-state index in [-0.39, 0.29) is 0 Å². The second-order valence-corrected chi connectivity index (χ2v) is 4.32. The van der Waals surface area contributed by atoms with Crippen molar-refractivity contribution in [3.05, 3.63) is 42.1 Å². The summed E-state index contributed by atoms with van der Waals surface area (Å²) in [6.45, 7) is 1.95. The molecular weight excluding hydrogens is 240 g/mol. The second-order valence-electron chi connectivity index (χ2n) is 4.32. The topological polar surface area (TPSA) is 65.4 Å².